The fourth-order valence-corrected chi connectivity index (χ4v) is 6.17. The van der Waals surface area contributed by atoms with Gasteiger partial charge in [-0.2, -0.15) is 5.10 Å². The summed E-state index contributed by atoms with van der Waals surface area (Å²) in [6.45, 7) is 9.73. The maximum atomic E-state index is 12.4. The van der Waals surface area contributed by atoms with Crippen LogP contribution in [-0.4, -0.2) is 80.9 Å². The van der Waals surface area contributed by atoms with Crippen molar-refractivity contribution in [1.29, 1.82) is 0 Å². The van der Waals surface area contributed by atoms with Crippen LogP contribution in [0, 0.1) is 5.92 Å². The van der Waals surface area contributed by atoms with E-state index >= 15 is 0 Å². The summed E-state index contributed by atoms with van der Waals surface area (Å²) in [6, 6.07) is 5.92. The van der Waals surface area contributed by atoms with Gasteiger partial charge >= 0.3 is 6.09 Å². The van der Waals surface area contributed by atoms with Crippen LogP contribution in [-0.2, 0) is 27.0 Å². The fourth-order valence-electron chi connectivity index (χ4n) is 6.17. The van der Waals surface area contributed by atoms with Crippen LogP contribution in [0.15, 0.2) is 18.2 Å². The Morgan fingerprint density at radius 3 is 2.46 bits per heavy atom. The number of carbonyl (C=O) groups excluding carboxylic acids is 3. The standard InChI is InChI=1S/C29H41N5O5/c1-28(2,3)39-27(37)34-13-9-19(10-14-34)18-33-15-11-29(38,12-16-33)20-5-6-21-23(17-20)32(4)31-25(21)22-7-8-24(35)30-26(22)36/h5-6,17,19,22,38H,7-16,18H2,1-4H3,(H,30,35,36). The predicted octanol–water partition coefficient (Wildman–Crippen LogP) is 3.02. The lowest BCUT2D eigenvalue weighted by molar-refractivity contribution is -0.134. The van der Waals surface area contributed by atoms with E-state index < -0.39 is 17.1 Å². The number of nitrogens with one attached hydrogen (secondary N) is 1. The maximum absolute atomic E-state index is 12.4. The summed E-state index contributed by atoms with van der Waals surface area (Å²) >= 11 is 0. The molecule has 0 bridgehead atoms. The number of aryl methyl sites for hydroxylation is 1. The number of piperidine rings is 3. The molecular formula is C29H41N5O5. The van der Waals surface area contributed by atoms with Crippen molar-refractivity contribution in [3.8, 4) is 0 Å². The smallest absolute Gasteiger partial charge is 0.410 e. The third-order valence-corrected chi connectivity index (χ3v) is 8.45. The van der Waals surface area contributed by atoms with Crippen LogP contribution in [0.2, 0.25) is 0 Å². The second kappa shape index (κ2) is 10.5. The molecule has 3 fully saturated rings. The molecule has 2 aromatic rings. The number of rotatable bonds is 4. The van der Waals surface area contributed by atoms with Gasteiger partial charge in [0.05, 0.1) is 22.7 Å². The summed E-state index contributed by atoms with van der Waals surface area (Å²) in [5.41, 5.74) is 1.04. The van der Waals surface area contributed by atoms with Crippen LogP contribution in [0.5, 0.6) is 0 Å². The first-order valence-electron chi connectivity index (χ1n) is 14.2. The van der Waals surface area contributed by atoms with E-state index in [0.29, 0.717) is 37.3 Å². The number of fused-ring (bicyclic) bond motifs is 1. The average molecular weight is 540 g/mol. The molecule has 3 aliphatic heterocycles. The van der Waals surface area contributed by atoms with Crippen molar-refractivity contribution >= 4 is 28.8 Å². The van der Waals surface area contributed by atoms with Crippen molar-refractivity contribution in [1.82, 2.24) is 24.9 Å². The molecule has 0 spiro atoms. The molecule has 1 atom stereocenters. The van der Waals surface area contributed by atoms with E-state index in [0.717, 1.165) is 62.0 Å². The molecule has 1 aromatic carbocycles. The third kappa shape index (κ3) is 5.96. The molecule has 1 aromatic heterocycles. The monoisotopic (exact) mass is 539 g/mol. The topological polar surface area (TPSA) is 117 Å². The largest absolute Gasteiger partial charge is 0.444 e. The molecule has 0 saturated carbocycles. The van der Waals surface area contributed by atoms with Crippen molar-refractivity contribution < 1.29 is 24.2 Å². The van der Waals surface area contributed by atoms with Gasteiger partial charge in [-0.15, -0.1) is 0 Å². The molecule has 3 aliphatic rings. The number of likely N-dealkylation sites (tertiary alicyclic amines) is 2. The number of nitrogens with zero attached hydrogens (tertiary/aromatic N) is 4. The second-order valence-corrected chi connectivity index (χ2v) is 12.5. The summed E-state index contributed by atoms with van der Waals surface area (Å²) in [4.78, 5) is 40.6. The van der Waals surface area contributed by atoms with Crippen LogP contribution in [0.3, 0.4) is 0 Å². The third-order valence-electron chi connectivity index (χ3n) is 8.45. The van der Waals surface area contributed by atoms with E-state index in [2.05, 4.69) is 15.3 Å². The van der Waals surface area contributed by atoms with Gasteiger partial charge in [-0.25, -0.2) is 4.79 Å². The minimum Gasteiger partial charge on any atom is -0.444 e. The number of hydrogen-bond donors (Lipinski definition) is 2. The van der Waals surface area contributed by atoms with E-state index in [1.165, 1.54) is 0 Å². The van der Waals surface area contributed by atoms with Gasteiger partial charge in [0.25, 0.3) is 0 Å². The van der Waals surface area contributed by atoms with Crippen molar-refractivity contribution in [2.24, 2.45) is 13.0 Å². The zero-order valence-corrected chi connectivity index (χ0v) is 23.5. The lowest BCUT2D eigenvalue weighted by Gasteiger charge is -2.41. The molecule has 10 heteroatoms. The van der Waals surface area contributed by atoms with Crippen LogP contribution in [0.25, 0.3) is 10.9 Å². The molecule has 3 saturated heterocycles. The minimum atomic E-state index is -0.913. The van der Waals surface area contributed by atoms with Crippen LogP contribution < -0.4 is 5.32 Å². The number of benzene rings is 1. The molecular weight excluding hydrogens is 498 g/mol. The summed E-state index contributed by atoms with van der Waals surface area (Å²) in [7, 11) is 1.85. The number of aromatic nitrogens is 2. The normalized spacial score (nSPS) is 23.2. The predicted molar refractivity (Wildman–Crippen MR) is 146 cm³/mol. The molecule has 2 N–H and O–H groups in total. The molecule has 212 valence electrons. The Labute approximate surface area is 229 Å². The number of hydrogen-bond acceptors (Lipinski definition) is 7. The highest BCUT2D eigenvalue weighted by Crippen LogP contribution is 2.37. The Bertz CT molecular complexity index is 1250. The Kier molecular flexibility index (Phi) is 7.45. The molecule has 3 amide bonds. The fraction of sp³-hybridized carbons (Fsp3) is 0.655. The highest BCUT2D eigenvalue weighted by Gasteiger charge is 2.37. The van der Waals surface area contributed by atoms with E-state index in [1.54, 1.807) is 4.68 Å². The van der Waals surface area contributed by atoms with Crippen LogP contribution in [0.4, 0.5) is 4.79 Å². The highest BCUT2D eigenvalue weighted by atomic mass is 16.6. The molecule has 5 rings (SSSR count). The summed E-state index contributed by atoms with van der Waals surface area (Å²) in [5.74, 6) is -0.443. The van der Waals surface area contributed by atoms with Crippen molar-refractivity contribution in [3.05, 3.63) is 29.5 Å². The quantitative estimate of drug-likeness (QED) is 0.574. The van der Waals surface area contributed by atoms with Gasteiger partial charge in [-0.05, 0) is 70.4 Å². The van der Waals surface area contributed by atoms with E-state index in [9.17, 15) is 19.5 Å². The summed E-state index contributed by atoms with van der Waals surface area (Å²) in [5, 5.41) is 19.6. The molecule has 39 heavy (non-hydrogen) atoms. The van der Waals surface area contributed by atoms with E-state index in [4.69, 9.17) is 4.74 Å². The minimum absolute atomic E-state index is 0.224. The molecule has 0 radical (unpaired) electrons. The summed E-state index contributed by atoms with van der Waals surface area (Å²) in [6.07, 6.45) is 3.77. The summed E-state index contributed by atoms with van der Waals surface area (Å²) < 4.78 is 7.28. The van der Waals surface area contributed by atoms with E-state index in [-0.39, 0.29) is 17.9 Å². The molecule has 1 unspecified atom stereocenters. The lowest BCUT2D eigenvalue weighted by atomic mass is 9.83. The molecule has 0 aliphatic carbocycles. The second-order valence-electron chi connectivity index (χ2n) is 12.5. The van der Waals surface area contributed by atoms with Gasteiger partial charge in [0.2, 0.25) is 11.8 Å². The lowest BCUT2D eigenvalue weighted by Crippen LogP contribution is -2.47. The number of amides is 3. The molecule has 4 heterocycles. The Morgan fingerprint density at radius 1 is 1.13 bits per heavy atom. The zero-order chi connectivity index (χ0) is 27.9. The van der Waals surface area contributed by atoms with Gasteiger partial charge in [0.15, 0.2) is 0 Å². The van der Waals surface area contributed by atoms with Crippen molar-refractivity contribution in [2.75, 3.05) is 32.7 Å². The Morgan fingerprint density at radius 2 is 1.82 bits per heavy atom. The van der Waals surface area contributed by atoms with Gasteiger partial charge in [-0.1, -0.05) is 12.1 Å². The zero-order valence-electron chi connectivity index (χ0n) is 23.5. The highest BCUT2D eigenvalue weighted by molar-refractivity contribution is 6.02. The average Bonchev–Trinajstić information content (AvgIpc) is 3.20. The maximum Gasteiger partial charge on any atom is 0.410 e. The first kappa shape index (κ1) is 27.6. The first-order chi connectivity index (χ1) is 18.4. The van der Waals surface area contributed by atoms with Gasteiger partial charge in [-0.3, -0.25) is 19.6 Å². The number of carbonyl (C=O) groups is 3. The SMILES string of the molecule is Cn1nc(C2CCC(=O)NC2=O)c2ccc(C3(O)CCN(CC4CCN(C(=O)OC(C)(C)C)CC4)CC3)cc21. The van der Waals surface area contributed by atoms with E-state index in [1.807, 2.05) is 50.9 Å². The van der Waals surface area contributed by atoms with Gasteiger partial charge < -0.3 is 19.6 Å². The van der Waals surface area contributed by atoms with Crippen molar-refractivity contribution in [2.45, 2.75) is 76.4 Å². The Hall–Kier alpha value is -2.98. The Balaban J connectivity index is 1.18. The number of ether oxygens (including phenoxy) is 1. The molecule has 10 nitrogen and oxygen atoms in total. The van der Waals surface area contributed by atoms with Crippen molar-refractivity contribution in [3.63, 3.8) is 0 Å². The van der Waals surface area contributed by atoms with Crippen LogP contribution >= 0.6 is 0 Å². The number of imide groups is 1. The van der Waals surface area contributed by atoms with Gasteiger partial charge in [0, 0.05) is 51.6 Å². The number of aliphatic hydroxyl groups is 1. The van der Waals surface area contributed by atoms with Crippen LogP contribution in [0.1, 0.15) is 76.5 Å². The van der Waals surface area contributed by atoms with Gasteiger partial charge in [0.1, 0.15) is 5.60 Å². The first-order valence-corrected chi connectivity index (χ1v) is 14.2.